The van der Waals surface area contributed by atoms with Gasteiger partial charge in [0.15, 0.2) is 0 Å². The Kier molecular flexibility index (Phi) is 4.20. The van der Waals surface area contributed by atoms with Crippen molar-refractivity contribution in [2.45, 2.75) is 32.2 Å². The summed E-state index contributed by atoms with van der Waals surface area (Å²) in [6.07, 6.45) is 6.45. The standard InChI is InChI=1S/C20H21N3O3/c24-18(23(26)13-14-4-8-21-9-5-14)16-2-1-15-3-6-20(12-17(15)11-16)7-10-22-19(20)25/h1-2,4-5,8-9,11,26H,3,6-7,10,12-13H2,(H,22,25). The number of benzene rings is 1. The molecule has 6 nitrogen and oxygen atoms in total. The quantitative estimate of drug-likeness (QED) is 0.655. The Morgan fingerprint density at radius 1 is 1.19 bits per heavy atom. The Morgan fingerprint density at radius 2 is 2.00 bits per heavy atom. The van der Waals surface area contributed by atoms with E-state index in [1.165, 1.54) is 5.56 Å². The molecule has 1 aromatic carbocycles. The van der Waals surface area contributed by atoms with Gasteiger partial charge in [0.25, 0.3) is 5.91 Å². The van der Waals surface area contributed by atoms with E-state index in [0.717, 1.165) is 42.0 Å². The van der Waals surface area contributed by atoms with Crippen LogP contribution in [-0.2, 0) is 24.2 Å². The molecule has 1 spiro atoms. The third-order valence-electron chi connectivity index (χ3n) is 5.54. The van der Waals surface area contributed by atoms with Crippen LogP contribution in [0.1, 0.15) is 39.9 Å². The molecule has 1 unspecified atom stereocenters. The van der Waals surface area contributed by atoms with Crippen molar-refractivity contribution in [1.29, 1.82) is 0 Å². The van der Waals surface area contributed by atoms with Crippen molar-refractivity contribution in [2.75, 3.05) is 6.54 Å². The largest absolute Gasteiger partial charge is 0.356 e. The number of fused-ring (bicyclic) bond motifs is 1. The fraction of sp³-hybridized carbons (Fsp3) is 0.350. The Labute approximate surface area is 151 Å². The van der Waals surface area contributed by atoms with E-state index in [-0.39, 0.29) is 17.9 Å². The molecule has 2 heterocycles. The lowest BCUT2D eigenvalue weighted by atomic mass is 9.70. The summed E-state index contributed by atoms with van der Waals surface area (Å²) in [5.74, 6) is -0.318. The lowest BCUT2D eigenvalue weighted by Gasteiger charge is -2.32. The number of aryl methyl sites for hydroxylation is 1. The number of carbonyl (C=O) groups excluding carboxylic acids is 2. The molecule has 0 saturated carbocycles. The summed E-state index contributed by atoms with van der Waals surface area (Å²) in [6.45, 7) is 0.827. The third kappa shape index (κ3) is 2.97. The number of carbonyl (C=O) groups is 2. The first-order valence-electron chi connectivity index (χ1n) is 8.87. The van der Waals surface area contributed by atoms with Crippen LogP contribution in [-0.4, -0.2) is 33.6 Å². The van der Waals surface area contributed by atoms with Crippen LogP contribution in [0.3, 0.4) is 0 Å². The maximum absolute atomic E-state index is 12.6. The Morgan fingerprint density at radius 3 is 2.73 bits per heavy atom. The zero-order valence-corrected chi connectivity index (χ0v) is 14.4. The second kappa shape index (κ2) is 6.53. The zero-order valence-electron chi connectivity index (χ0n) is 14.4. The number of nitrogens with zero attached hydrogens (tertiary/aromatic N) is 2. The van der Waals surface area contributed by atoms with Crippen molar-refractivity contribution in [1.82, 2.24) is 15.4 Å². The van der Waals surface area contributed by atoms with Crippen LogP contribution in [0, 0.1) is 5.41 Å². The van der Waals surface area contributed by atoms with Crippen molar-refractivity contribution >= 4 is 11.8 Å². The predicted octanol–water partition coefficient (Wildman–Crippen LogP) is 2.11. The molecule has 1 aromatic heterocycles. The van der Waals surface area contributed by atoms with Crippen molar-refractivity contribution in [2.24, 2.45) is 5.41 Å². The van der Waals surface area contributed by atoms with E-state index in [1.54, 1.807) is 30.6 Å². The smallest absolute Gasteiger partial charge is 0.277 e. The lowest BCUT2D eigenvalue weighted by molar-refractivity contribution is -0.128. The highest BCUT2D eigenvalue weighted by molar-refractivity contribution is 5.94. The highest BCUT2D eigenvalue weighted by Crippen LogP contribution is 2.41. The van der Waals surface area contributed by atoms with Crippen LogP contribution in [0.5, 0.6) is 0 Å². The molecule has 1 saturated heterocycles. The molecule has 1 aliphatic heterocycles. The highest BCUT2D eigenvalue weighted by Gasteiger charge is 2.44. The van der Waals surface area contributed by atoms with Gasteiger partial charge in [0.2, 0.25) is 5.91 Å². The molecule has 2 aliphatic rings. The molecule has 1 atom stereocenters. The lowest BCUT2D eigenvalue weighted by Crippen LogP contribution is -2.36. The molecule has 1 fully saturated rings. The van der Waals surface area contributed by atoms with Crippen molar-refractivity contribution in [3.63, 3.8) is 0 Å². The van der Waals surface area contributed by atoms with Crippen molar-refractivity contribution in [3.8, 4) is 0 Å². The summed E-state index contributed by atoms with van der Waals surface area (Å²) in [6, 6.07) is 9.05. The van der Waals surface area contributed by atoms with Crippen LogP contribution >= 0.6 is 0 Å². The first-order valence-corrected chi connectivity index (χ1v) is 8.87. The minimum absolute atomic E-state index is 0.102. The van der Waals surface area contributed by atoms with E-state index in [2.05, 4.69) is 10.3 Å². The summed E-state index contributed by atoms with van der Waals surface area (Å²) in [7, 11) is 0. The maximum atomic E-state index is 12.6. The van der Waals surface area contributed by atoms with Gasteiger partial charge >= 0.3 is 0 Å². The highest BCUT2D eigenvalue weighted by atomic mass is 16.5. The number of amides is 2. The first kappa shape index (κ1) is 16.7. The molecule has 1 aliphatic carbocycles. The van der Waals surface area contributed by atoms with Gasteiger partial charge in [0, 0.05) is 24.5 Å². The van der Waals surface area contributed by atoms with Gasteiger partial charge < -0.3 is 5.32 Å². The second-order valence-corrected chi connectivity index (χ2v) is 7.16. The molecule has 6 heteroatoms. The Bertz CT molecular complexity index is 853. The number of rotatable bonds is 3. The summed E-state index contributed by atoms with van der Waals surface area (Å²) in [4.78, 5) is 28.8. The molecule has 2 aromatic rings. The van der Waals surface area contributed by atoms with E-state index in [4.69, 9.17) is 0 Å². The molecule has 26 heavy (non-hydrogen) atoms. The molecule has 2 N–H and O–H groups in total. The van der Waals surface area contributed by atoms with Gasteiger partial charge in [-0.2, -0.15) is 0 Å². The average Bonchev–Trinajstić information content (AvgIpc) is 3.01. The summed E-state index contributed by atoms with van der Waals surface area (Å²) < 4.78 is 0. The van der Waals surface area contributed by atoms with Gasteiger partial charge in [-0.3, -0.25) is 19.8 Å². The minimum atomic E-state index is -0.444. The van der Waals surface area contributed by atoms with Crippen LogP contribution in [0.2, 0.25) is 0 Å². The monoisotopic (exact) mass is 351 g/mol. The minimum Gasteiger partial charge on any atom is -0.356 e. The fourth-order valence-electron chi connectivity index (χ4n) is 4.00. The topological polar surface area (TPSA) is 82.5 Å². The normalized spacial score (nSPS) is 21.3. The molecular formula is C20H21N3O3. The van der Waals surface area contributed by atoms with Crippen LogP contribution < -0.4 is 5.32 Å². The van der Waals surface area contributed by atoms with Crippen LogP contribution in [0.25, 0.3) is 0 Å². The molecular weight excluding hydrogens is 330 g/mol. The van der Waals surface area contributed by atoms with Gasteiger partial charge in [0.1, 0.15) is 0 Å². The summed E-state index contributed by atoms with van der Waals surface area (Å²) in [5, 5.41) is 13.8. The Balaban J connectivity index is 1.54. The van der Waals surface area contributed by atoms with Gasteiger partial charge in [-0.05, 0) is 66.6 Å². The number of hydrogen-bond acceptors (Lipinski definition) is 4. The van der Waals surface area contributed by atoms with Gasteiger partial charge in [-0.15, -0.1) is 0 Å². The van der Waals surface area contributed by atoms with Crippen molar-refractivity contribution < 1.29 is 14.8 Å². The number of pyridine rings is 1. The zero-order chi connectivity index (χ0) is 18.1. The number of nitrogens with one attached hydrogen (secondary N) is 1. The average molecular weight is 351 g/mol. The van der Waals surface area contributed by atoms with Gasteiger partial charge in [0.05, 0.1) is 12.0 Å². The number of hydrogen-bond donors (Lipinski definition) is 2. The third-order valence-corrected chi connectivity index (χ3v) is 5.54. The SMILES string of the molecule is O=C(c1ccc2c(c1)CC1(CCNC1=O)CC2)N(O)Cc1ccncc1. The van der Waals surface area contributed by atoms with Crippen LogP contribution in [0.4, 0.5) is 0 Å². The van der Waals surface area contributed by atoms with E-state index >= 15 is 0 Å². The molecule has 2 amide bonds. The van der Waals surface area contributed by atoms with E-state index < -0.39 is 5.91 Å². The number of hydroxylamine groups is 2. The number of aromatic nitrogens is 1. The molecule has 0 bridgehead atoms. The molecule has 0 radical (unpaired) electrons. The van der Waals surface area contributed by atoms with E-state index in [0.29, 0.717) is 12.0 Å². The summed E-state index contributed by atoms with van der Waals surface area (Å²) in [5.41, 5.74) is 3.14. The second-order valence-electron chi connectivity index (χ2n) is 7.16. The first-order chi connectivity index (χ1) is 12.6. The maximum Gasteiger partial charge on any atom is 0.277 e. The van der Waals surface area contributed by atoms with Gasteiger partial charge in [-0.25, -0.2) is 5.06 Å². The van der Waals surface area contributed by atoms with E-state index in [1.807, 2.05) is 12.1 Å². The predicted molar refractivity (Wildman–Crippen MR) is 94.4 cm³/mol. The Hall–Kier alpha value is -2.73. The van der Waals surface area contributed by atoms with E-state index in [9.17, 15) is 14.8 Å². The molecule has 134 valence electrons. The van der Waals surface area contributed by atoms with Crippen molar-refractivity contribution in [3.05, 3.63) is 65.0 Å². The molecule has 4 rings (SSSR count). The fourth-order valence-corrected chi connectivity index (χ4v) is 4.00. The van der Waals surface area contributed by atoms with Gasteiger partial charge in [-0.1, -0.05) is 6.07 Å². The summed E-state index contributed by atoms with van der Waals surface area (Å²) >= 11 is 0. The van der Waals surface area contributed by atoms with Crippen LogP contribution in [0.15, 0.2) is 42.7 Å².